The van der Waals surface area contributed by atoms with Gasteiger partial charge >= 0.3 is 0 Å². The van der Waals surface area contributed by atoms with Crippen LogP contribution in [0.25, 0.3) is 0 Å². The Balaban J connectivity index is 1.84. The van der Waals surface area contributed by atoms with Crippen molar-refractivity contribution in [1.82, 2.24) is 19.7 Å². The van der Waals surface area contributed by atoms with Gasteiger partial charge in [-0.3, -0.25) is 0 Å². The van der Waals surface area contributed by atoms with E-state index in [1.165, 1.54) is 5.01 Å². The van der Waals surface area contributed by atoms with E-state index in [2.05, 4.69) is 34.3 Å². The summed E-state index contributed by atoms with van der Waals surface area (Å²) in [7, 11) is 0. The number of hydrogen-bond acceptors (Lipinski definition) is 5. The molecule has 0 fully saturated rings. The van der Waals surface area contributed by atoms with Gasteiger partial charge in [0, 0.05) is 23.4 Å². The molecule has 0 saturated heterocycles. The number of thiazole rings is 1. The van der Waals surface area contributed by atoms with E-state index in [0.717, 1.165) is 29.6 Å². The van der Waals surface area contributed by atoms with Gasteiger partial charge in [0.15, 0.2) is 0 Å². The fourth-order valence-corrected chi connectivity index (χ4v) is 3.42. The molecule has 18 heavy (non-hydrogen) atoms. The van der Waals surface area contributed by atoms with Crippen LogP contribution in [0.1, 0.15) is 30.4 Å². The molecule has 98 valence electrons. The van der Waals surface area contributed by atoms with Crippen molar-refractivity contribution >= 4 is 23.1 Å². The monoisotopic (exact) mass is 282 g/mol. The Bertz CT molecular complexity index is 490. The number of aryl methyl sites for hydroxylation is 1. The Morgan fingerprint density at radius 1 is 1.39 bits per heavy atom. The first-order chi connectivity index (χ1) is 8.65. The highest BCUT2D eigenvalue weighted by Gasteiger charge is 2.07. The fourth-order valence-electron chi connectivity index (χ4n) is 1.60. The minimum Gasteiger partial charge on any atom is -0.249 e. The van der Waals surface area contributed by atoms with Crippen molar-refractivity contribution < 1.29 is 0 Å². The van der Waals surface area contributed by atoms with Crippen LogP contribution in [0.3, 0.4) is 0 Å². The van der Waals surface area contributed by atoms with Crippen molar-refractivity contribution in [2.75, 3.05) is 0 Å². The molecular formula is C12H18N4S2. The topological polar surface area (TPSA) is 43.6 Å². The smallest absolute Gasteiger partial charge is 0.138 e. The third-order valence-corrected chi connectivity index (χ3v) is 4.45. The van der Waals surface area contributed by atoms with Gasteiger partial charge in [0.25, 0.3) is 0 Å². The molecule has 0 unspecified atom stereocenters. The van der Waals surface area contributed by atoms with Gasteiger partial charge in [0.1, 0.15) is 17.2 Å². The van der Waals surface area contributed by atoms with Crippen LogP contribution in [0.15, 0.2) is 11.7 Å². The largest absolute Gasteiger partial charge is 0.249 e. The SMILES string of the molecule is Cc1csc(CSCc2ncnn2CC(C)C)n1. The summed E-state index contributed by atoms with van der Waals surface area (Å²) in [6, 6.07) is 0. The van der Waals surface area contributed by atoms with Crippen LogP contribution in [0, 0.1) is 12.8 Å². The molecule has 0 radical (unpaired) electrons. The van der Waals surface area contributed by atoms with E-state index in [1.54, 1.807) is 17.7 Å². The fraction of sp³-hybridized carbons (Fsp3) is 0.583. The second-order valence-corrected chi connectivity index (χ2v) is 6.56. The lowest BCUT2D eigenvalue weighted by Crippen LogP contribution is -2.09. The lowest BCUT2D eigenvalue weighted by atomic mass is 10.2. The van der Waals surface area contributed by atoms with Gasteiger partial charge < -0.3 is 0 Å². The molecule has 0 aliphatic rings. The minimum absolute atomic E-state index is 0.595. The first-order valence-electron chi connectivity index (χ1n) is 6.00. The highest BCUT2D eigenvalue weighted by Crippen LogP contribution is 2.19. The highest BCUT2D eigenvalue weighted by molar-refractivity contribution is 7.97. The Labute approximate surface area is 116 Å². The first-order valence-corrected chi connectivity index (χ1v) is 8.04. The summed E-state index contributed by atoms with van der Waals surface area (Å²) in [6.45, 7) is 7.35. The molecule has 2 aromatic heterocycles. The molecule has 0 bridgehead atoms. The van der Waals surface area contributed by atoms with E-state index < -0.39 is 0 Å². The van der Waals surface area contributed by atoms with E-state index in [4.69, 9.17) is 0 Å². The van der Waals surface area contributed by atoms with Crippen LogP contribution in [0.4, 0.5) is 0 Å². The van der Waals surface area contributed by atoms with Gasteiger partial charge in [0.05, 0.1) is 5.75 Å². The second-order valence-electron chi connectivity index (χ2n) is 4.63. The van der Waals surface area contributed by atoms with Crippen LogP contribution in [0.2, 0.25) is 0 Å². The van der Waals surface area contributed by atoms with Gasteiger partial charge in [-0.25, -0.2) is 14.6 Å². The normalized spacial score (nSPS) is 11.3. The summed E-state index contributed by atoms with van der Waals surface area (Å²) in [5, 5.41) is 7.55. The Kier molecular flexibility index (Phi) is 4.77. The summed E-state index contributed by atoms with van der Waals surface area (Å²) >= 11 is 3.57. The Morgan fingerprint density at radius 3 is 2.89 bits per heavy atom. The van der Waals surface area contributed by atoms with Crippen molar-refractivity contribution in [2.24, 2.45) is 5.92 Å². The maximum atomic E-state index is 4.46. The molecule has 0 aromatic carbocycles. The first kappa shape index (κ1) is 13.5. The third-order valence-electron chi connectivity index (χ3n) is 2.36. The van der Waals surface area contributed by atoms with E-state index in [1.807, 2.05) is 23.4 Å². The van der Waals surface area contributed by atoms with Crippen LogP contribution in [-0.2, 0) is 18.1 Å². The molecule has 2 heterocycles. The molecule has 0 N–H and O–H groups in total. The summed E-state index contributed by atoms with van der Waals surface area (Å²) in [5.41, 5.74) is 1.11. The molecule has 4 nitrogen and oxygen atoms in total. The number of aromatic nitrogens is 4. The Morgan fingerprint density at radius 2 is 2.22 bits per heavy atom. The zero-order valence-corrected chi connectivity index (χ0v) is 12.6. The van der Waals surface area contributed by atoms with E-state index in [9.17, 15) is 0 Å². The molecule has 2 aromatic rings. The van der Waals surface area contributed by atoms with E-state index >= 15 is 0 Å². The van der Waals surface area contributed by atoms with Gasteiger partial charge in [0.2, 0.25) is 0 Å². The summed E-state index contributed by atoms with van der Waals surface area (Å²) in [5.74, 6) is 3.50. The Hall–Kier alpha value is -0.880. The van der Waals surface area contributed by atoms with Crippen molar-refractivity contribution in [3.05, 3.63) is 28.2 Å². The molecule has 0 atom stereocenters. The molecule has 0 saturated carbocycles. The van der Waals surface area contributed by atoms with Crippen molar-refractivity contribution in [3.8, 4) is 0 Å². The van der Waals surface area contributed by atoms with Gasteiger partial charge in [-0.2, -0.15) is 5.10 Å². The van der Waals surface area contributed by atoms with Crippen LogP contribution >= 0.6 is 23.1 Å². The average Bonchev–Trinajstić information content (AvgIpc) is 2.88. The molecule has 0 spiro atoms. The van der Waals surface area contributed by atoms with Crippen molar-refractivity contribution in [1.29, 1.82) is 0 Å². The number of nitrogens with zero attached hydrogens (tertiary/aromatic N) is 4. The van der Waals surface area contributed by atoms with E-state index in [-0.39, 0.29) is 0 Å². The second kappa shape index (κ2) is 6.33. The van der Waals surface area contributed by atoms with Crippen molar-refractivity contribution in [2.45, 2.75) is 38.8 Å². The molecular weight excluding hydrogens is 264 g/mol. The van der Waals surface area contributed by atoms with Crippen LogP contribution < -0.4 is 0 Å². The summed E-state index contributed by atoms with van der Waals surface area (Å²) in [4.78, 5) is 8.77. The number of rotatable bonds is 6. The average molecular weight is 282 g/mol. The molecule has 2 rings (SSSR count). The summed E-state index contributed by atoms with van der Waals surface area (Å²) < 4.78 is 2.00. The van der Waals surface area contributed by atoms with Crippen molar-refractivity contribution in [3.63, 3.8) is 0 Å². The number of thioether (sulfide) groups is 1. The summed E-state index contributed by atoms with van der Waals surface area (Å²) in [6.07, 6.45) is 1.64. The van der Waals surface area contributed by atoms with Crippen LogP contribution in [-0.4, -0.2) is 19.7 Å². The minimum atomic E-state index is 0.595. The quantitative estimate of drug-likeness (QED) is 0.816. The highest BCUT2D eigenvalue weighted by atomic mass is 32.2. The van der Waals surface area contributed by atoms with E-state index in [0.29, 0.717) is 5.92 Å². The standard InChI is InChI=1S/C12H18N4S2/c1-9(2)4-16-11(13-8-14-16)6-17-7-12-15-10(3)5-18-12/h5,8-9H,4,6-7H2,1-3H3. The maximum Gasteiger partial charge on any atom is 0.138 e. The lowest BCUT2D eigenvalue weighted by Gasteiger charge is -2.07. The predicted molar refractivity (Wildman–Crippen MR) is 76.7 cm³/mol. The van der Waals surface area contributed by atoms with Gasteiger partial charge in [-0.15, -0.1) is 23.1 Å². The van der Waals surface area contributed by atoms with Gasteiger partial charge in [-0.05, 0) is 12.8 Å². The maximum absolute atomic E-state index is 4.46. The molecule has 0 aliphatic carbocycles. The molecule has 0 aliphatic heterocycles. The molecule has 6 heteroatoms. The third kappa shape index (κ3) is 3.81. The number of hydrogen-bond donors (Lipinski definition) is 0. The zero-order valence-electron chi connectivity index (χ0n) is 11.0. The predicted octanol–water partition coefficient (Wildman–Crippen LogP) is 3.13. The van der Waals surface area contributed by atoms with Gasteiger partial charge in [-0.1, -0.05) is 13.8 Å². The molecule has 0 amide bonds. The van der Waals surface area contributed by atoms with Crippen LogP contribution in [0.5, 0.6) is 0 Å². The lowest BCUT2D eigenvalue weighted by molar-refractivity contribution is 0.471. The zero-order chi connectivity index (χ0) is 13.0.